The predicted molar refractivity (Wildman–Crippen MR) is 145 cm³/mol. The van der Waals surface area contributed by atoms with E-state index >= 15 is 0 Å². The summed E-state index contributed by atoms with van der Waals surface area (Å²) in [5.74, 6) is -0.0761. The number of fused-ring (bicyclic) bond motifs is 2. The van der Waals surface area contributed by atoms with E-state index in [4.69, 9.17) is 0 Å². The van der Waals surface area contributed by atoms with Crippen LogP contribution in [-0.2, 0) is 17.6 Å². The molecular formula is C30H28N4O4. The molecule has 38 heavy (non-hydrogen) atoms. The van der Waals surface area contributed by atoms with Crippen molar-refractivity contribution in [2.45, 2.75) is 31.8 Å². The first-order valence-electron chi connectivity index (χ1n) is 13.0. The Morgan fingerprint density at radius 2 is 1.68 bits per heavy atom. The van der Waals surface area contributed by atoms with E-state index in [1.165, 1.54) is 0 Å². The second-order valence-electron chi connectivity index (χ2n) is 9.98. The number of aliphatic hydroxyl groups is 1. The van der Waals surface area contributed by atoms with Gasteiger partial charge in [0, 0.05) is 41.8 Å². The number of nitrogens with one attached hydrogen (secondary N) is 1. The molecule has 0 bridgehead atoms. The highest BCUT2D eigenvalue weighted by Gasteiger charge is 2.28. The number of carbonyl (C=O) groups is 2. The van der Waals surface area contributed by atoms with Crippen molar-refractivity contribution in [2.75, 3.05) is 24.5 Å². The summed E-state index contributed by atoms with van der Waals surface area (Å²) >= 11 is 0. The molecule has 0 aliphatic carbocycles. The number of aromatic nitrogens is 2. The smallest absolute Gasteiger partial charge is 0.272 e. The summed E-state index contributed by atoms with van der Waals surface area (Å²) in [5.41, 5.74) is 4.64. The van der Waals surface area contributed by atoms with Crippen molar-refractivity contribution in [1.82, 2.24) is 15.1 Å². The van der Waals surface area contributed by atoms with E-state index in [2.05, 4.69) is 10.2 Å². The zero-order valence-corrected chi connectivity index (χ0v) is 20.9. The summed E-state index contributed by atoms with van der Waals surface area (Å²) in [4.78, 5) is 42.0. The summed E-state index contributed by atoms with van der Waals surface area (Å²) in [6.07, 6.45) is 1.84. The Morgan fingerprint density at radius 1 is 0.947 bits per heavy atom. The zero-order valence-electron chi connectivity index (χ0n) is 20.9. The fourth-order valence-corrected chi connectivity index (χ4v) is 5.41. The lowest BCUT2D eigenvalue weighted by atomic mass is 10.0. The maximum absolute atomic E-state index is 13.3. The van der Waals surface area contributed by atoms with Gasteiger partial charge in [0.2, 0.25) is 5.91 Å². The van der Waals surface area contributed by atoms with Crippen molar-refractivity contribution in [2.24, 2.45) is 0 Å². The minimum atomic E-state index is -0.339. The number of likely N-dealkylation sites (tertiary alicyclic amines) is 1. The molecule has 2 aliphatic rings. The lowest BCUT2D eigenvalue weighted by Crippen LogP contribution is -2.40. The van der Waals surface area contributed by atoms with E-state index in [1.807, 2.05) is 60.7 Å². The fraction of sp³-hybridized carbons (Fsp3) is 0.267. The molecule has 192 valence electrons. The van der Waals surface area contributed by atoms with Crippen LogP contribution in [0.15, 0.2) is 71.5 Å². The van der Waals surface area contributed by atoms with Crippen LogP contribution in [0.25, 0.3) is 22.0 Å². The van der Waals surface area contributed by atoms with Gasteiger partial charge in [0.05, 0.1) is 23.6 Å². The molecular weight excluding hydrogens is 480 g/mol. The number of aliphatic hydroxyl groups excluding tert-OH is 1. The van der Waals surface area contributed by atoms with Crippen LogP contribution < -0.4 is 10.5 Å². The van der Waals surface area contributed by atoms with Crippen molar-refractivity contribution >= 4 is 28.3 Å². The predicted octanol–water partition coefficient (Wildman–Crippen LogP) is 3.32. The van der Waals surface area contributed by atoms with Crippen molar-refractivity contribution < 1.29 is 14.7 Å². The SMILES string of the molecule is O=C(c1ccc2c(c1)N(C(=O)Cc1ccc(-c3n[nH]c(=O)c4ccccc34)cc1)CC2)N1CCC(O)CC1. The molecule has 4 aromatic rings. The molecule has 1 aromatic heterocycles. The monoisotopic (exact) mass is 508 g/mol. The second kappa shape index (κ2) is 9.87. The van der Waals surface area contributed by atoms with Crippen molar-refractivity contribution in [1.29, 1.82) is 0 Å². The molecule has 2 amide bonds. The maximum Gasteiger partial charge on any atom is 0.272 e. The van der Waals surface area contributed by atoms with E-state index < -0.39 is 0 Å². The molecule has 3 aromatic carbocycles. The summed E-state index contributed by atoms with van der Waals surface area (Å²) in [6.45, 7) is 1.67. The standard InChI is InChI=1S/C30H28N4O4/c35-23-12-14-33(15-13-23)30(38)22-10-9-20-11-16-34(26(20)18-22)27(36)17-19-5-7-21(8-6-19)28-24-3-1-2-4-25(24)29(37)32-31-28/h1-10,18,23,35H,11-17H2,(H,32,37). The molecule has 0 spiro atoms. The van der Waals surface area contributed by atoms with E-state index in [1.54, 1.807) is 15.9 Å². The summed E-state index contributed by atoms with van der Waals surface area (Å²) in [6, 6.07) is 20.6. The summed E-state index contributed by atoms with van der Waals surface area (Å²) in [7, 11) is 0. The normalized spacial score (nSPS) is 15.6. The third-order valence-electron chi connectivity index (χ3n) is 7.56. The van der Waals surface area contributed by atoms with Crippen LogP contribution in [0.2, 0.25) is 0 Å². The number of benzene rings is 3. The van der Waals surface area contributed by atoms with Crippen molar-refractivity contribution in [3.63, 3.8) is 0 Å². The topological polar surface area (TPSA) is 107 Å². The minimum absolute atomic E-state index is 0.0187. The molecule has 2 aliphatic heterocycles. The third kappa shape index (κ3) is 4.48. The Hall–Kier alpha value is -4.30. The number of piperidine rings is 1. The van der Waals surface area contributed by atoms with Crippen LogP contribution in [0.5, 0.6) is 0 Å². The lowest BCUT2D eigenvalue weighted by molar-refractivity contribution is -0.117. The van der Waals surface area contributed by atoms with Gasteiger partial charge in [0.15, 0.2) is 0 Å². The van der Waals surface area contributed by atoms with Crippen LogP contribution in [0.4, 0.5) is 5.69 Å². The number of H-pyrrole nitrogens is 1. The molecule has 8 nitrogen and oxygen atoms in total. The summed E-state index contributed by atoms with van der Waals surface area (Å²) < 4.78 is 0. The van der Waals surface area contributed by atoms with Gasteiger partial charge in [-0.25, -0.2) is 5.10 Å². The first-order chi connectivity index (χ1) is 18.5. The number of carbonyl (C=O) groups excluding carboxylic acids is 2. The quantitative estimate of drug-likeness (QED) is 0.440. The van der Waals surface area contributed by atoms with Crippen LogP contribution in [0.1, 0.15) is 34.3 Å². The Bertz CT molecular complexity index is 1590. The first kappa shape index (κ1) is 24.1. The van der Waals surface area contributed by atoms with Crippen LogP contribution in [0.3, 0.4) is 0 Å². The highest BCUT2D eigenvalue weighted by Crippen LogP contribution is 2.31. The number of nitrogens with zero attached hydrogens (tertiary/aromatic N) is 3. The van der Waals surface area contributed by atoms with Gasteiger partial charge in [-0.15, -0.1) is 0 Å². The number of aromatic amines is 1. The van der Waals surface area contributed by atoms with Crippen molar-refractivity contribution in [3.8, 4) is 11.3 Å². The second-order valence-corrected chi connectivity index (χ2v) is 9.98. The number of anilines is 1. The first-order valence-corrected chi connectivity index (χ1v) is 13.0. The zero-order chi connectivity index (χ0) is 26.2. The largest absolute Gasteiger partial charge is 0.393 e. The van der Waals surface area contributed by atoms with Gasteiger partial charge < -0.3 is 14.9 Å². The van der Waals surface area contributed by atoms with E-state index in [-0.39, 0.29) is 29.9 Å². The maximum atomic E-state index is 13.3. The number of hydrogen-bond acceptors (Lipinski definition) is 5. The fourth-order valence-electron chi connectivity index (χ4n) is 5.41. The van der Waals surface area contributed by atoms with Gasteiger partial charge in [0.25, 0.3) is 11.5 Å². The Balaban J connectivity index is 1.19. The van der Waals surface area contributed by atoms with E-state index in [9.17, 15) is 19.5 Å². The summed E-state index contributed by atoms with van der Waals surface area (Å²) in [5, 5.41) is 17.9. The molecule has 1 saturated heterocycles. The molecule has 6 rings (SSSR count). The average Bonchev–Trinajstić information content (AvgIpc) is 3.38. The van der Waals surface area contributed by atoms with Gasteiger partial charge in [-0.05, 0) is 48.6 Å². The van der Waals surface area contributed by atoms with Gasteiger partial charge >= 0.3 is 0 Å². The van der Waals surface area contributed by atoms with Crippen LogP contribution >= 0.6 is 0 Å². The van der Waals surface area contributed by atoms with E-state index in [0.29, 0.717) is 49.1 Å². The van der Waals surface area contributed by atoms with Gasteiger partial charge in [0.1, 0.15) is 0 Å². The lowest BCUT2D eigenvalue weighted by Gasteiger charge is -2.30. The number of rotatable bonds is 4. The number of hydrogen-bond donors (Lipinski definition) is 2. The minimum Gasteiger partial charge on any atom is -0.393 e. The van der Waals surface area contributed by atoms with Gasteiger partial charge in [-0.3, -0.25) is 14.4 Å². The Labute approximate surface area is 219 Å². The third-order valence-corrected chi connectivity index (χ3v) is 7.56. The average molecular weight is 509 g/mol. The van der Waals surface area contributed by atoms with Crippen molar-refractivity contribution in [3.05, 3.63) is 93.8 Å². The molecule has 3 heterocycles. The van der Waals surface area contributed by atoms with E-state index in [0.717, 1.165) is 34.2 Å². The molecule has 0 radical (unpaired) electrons. The molecule has 1 fully saturated rings. The molecule has 0 saturated carbocycles. The Kier molecular flexibility index (Phi) is 6.25. The van der Waals surface area contributed by atoms with Crippen LogP contribution in [0, 0.1) is 0 Å². The van der Waals surface area contributed by atoms with Gasteiger partial charge in [-0.2, -0.15) is 5.10 Å². The molecule has 8 heteroatoms. The highest BCUT2D eigenvalue weighted by molar-refractivity contribution is 6.00. The molecule has 0 unspecified atom stereocenters. The Morgan fingerprint density at radius 3 is 2.45 bits per heavy atom. The molecule has 2 N–H and O–H groups in total. The van der Waals surface area contributed by atoms with Gasteiger partial charge in [-0.1, -0.05) is 48.5 Å². The van der Waals surface area contributed by atoms with Crippen LogP contribution in [-0.4, -0.2) is 57.8 Å². The number of amides is 2. The molecule has 0 atom stereocenters. The highest BCUT2D eigenvalue weighted by atomic mass is 16.3.